The molecular formula is C17H20N4O2S. The normalized spacial score (nSPS) is 21.4. The Bertz CT molecular complexity index is 946. The van der Waals surface area contributed by atoms with E-state index in [0.717, 1.165) is 41.8 Å². The highest BCUT2D eigenvalue weighted by atomic mass is 32.1. The maximum atomic E-state index is 12.6. The second-order valence-electron chi connectivity index (χ2n) is 6.69. The number of hydrogen-bond donors (Lipinski definition) is 1. The largest absolute Gasteiger partial charge is 0.352 e. The van der Waals surface area contributed by atoms with Crippen molar-refractivity contribution in [3.63, 3.8) is 0 Å². The van der Waals surface area contributed by atoms with Crippen molar-refractivity contribution in [2.75, 3.05) is 0 Å². The van der Waals surface area contributed by atoms with Crippen LogP contribution in [0, 0.1) is 5.92 Å². The summed E-state index contributed by atoms with van der Waals surface area (Å²) in [5, 5.41) is 9.19. The van der Waals surface area contributed by atoms with Crippen LogP contribution in [0.2, 0.25) is 0 Å². The Kier molecular flexibility index (Phi) is 3.88. The molecule has 7 heteroatoms. The van der Waals surface area contributed by atoms with Gasteiger partial charge in [0, 0.05) is 6.04 Å². The first kappa shape index (κ1) is 15.4. The highest BCUT2D eigenvalue weighted by Gasteiger charge is 2.20. The number of thiophene rings is 1. The zero-order valence-corrected chi connectivity index (χ0v) is 14.4. The minimum absolute atomic E-state index is 0.0276. The van der Waals surface area contributed by atoms with Gasteiger partial charge in [0.15, 0.2) is 0 Å². The number of hydrogen-bond acceptors (Lipinski definition) is 4. The molecule has 6 nitrogen and oxygen atoms in total. The summed E-state index contributed by atoms with van der Waals surface area (Å²) in [5.74, 6) is 0.606. The number of carbonyl (C=O) groups excluding carboxylic acids is 1. The zero-order valence-electron chi connectivity index (χ0n) is 13.6. The van der Waals surface area contributed by atoms with E-state index in [1.165, 1.54) is 4.68 Å². The molecule has 126 valence electrons. The van der Waals surface area contributed by atoms with E-state index in [-0.39, 0.29) is 24.1 Å². The molecule has 0 aromatic carbocycles. The fraction of sp³-hybridized carbons (Fsp3) is 0.471. The molecule has 1 fully saturated rings. The number of carbonyl (C=O) groups is 1. The average Bonchev–Trinajstić information content (AvgIpc) is 3.14. The minimum atomic E-state index is -0.228. The van der Waals surface area contributed by atoms with Crippen LogP contribution in [-0.4, -0.2) is 26.1 Å². The second-order valence-corrected chi connectivity index (χ2v) is 7.64. The van der Waals surface area contributed by atoms with E-state index in [1.807, 2.05) is 17.5 Å². The summed E-state index contributed by atoms with van der Waals surface area (Å²) >= 11 is 1.59. The number of nitrogens with one attached hydrogen (secondary N) is 1. The molecule has 4 rings (SSSR count). The Morgan fingerprint density at radius 1 is 1.33 bits per heavy atom. The summed E-state index contributed by atoms with van der Waals surface area (Å²) in [4.78, 5) is 24.8. The van der Waals surface area contributed by atoms with E-state index in [4.69, 9.17) is 0 Å². The predicted octanol–water partition coefficient (Wildman–Crippen LogP) is 2.41. The third-order valence-corrected chi connectivity index (χ3v) is 5.75. The number of aromatic nitrogens is 3. The number of amides is 1. The second kappa shape index (κ2) is 6.05. The maximum Gasteiger partial charge on any atom is 0.291 e. The smallest absolute Gasteiger partial charge is 0.291 e. The van der Waals surface area contributed by atoms with Crippen molar-refractivity contribution >= 4 is 33.0 Å². The standard InChI is InChI=1S/C17H20N4O2S/c1-11-2-4-12(5-3-11)19-16(22)9-21-17(23)14-8-15-13(6-7-24-15)20(14)10-18-21/h6-8,10-12H,2-5,9H2,1H3,(H,19,22). The van der Waals surface area contributed by atoms with Crippen molar-refractivity contribution < 1.29 is 4.79 Å². The van der Waals surface area contributed by atoms with E-state index >= 15 is 0 Å². The highest BCUT2D eigenvalue weighted by Crippen LogP contribution is 2.24. The molecule has 1 aliphatic rings. The van der Waals surface area contributed by atoms with Gasteiger partial charge >= 0.3 is 0 Å². The Morgan fingerprint density at radius 3 is 2.92 bits per heavy atom. The quantitative estimate of drug-likeness (QED) is 0.793. The van der Waals surface area contributed by atoms with E-state index in [9.17, 15) is 9.59 Å². The topological polar surface area (TPSA) is 68.4 Å². The predicted molar refractivity (Wildman–Crippen MR) is 94.4 cm³/mol. The summed E-state index contributed by atoms with van der Waals surface area (Å²) in [6.07, 6.45) is 5.94. The lowest BCUT2D eigenvalue weighted by molar-refractivity contribution is -0.122. The summed E-state index contributed by atoms with van der Waals surface area (Å²) < 4.78 is 4.08. The lowest BCUT2D eigenvalue weighted by Crippen LogP contribution is -2.41. The number of nitrogens with zero attached hydrogens (tertiary/aromatic N) is 3. The monoisotopic (exact) mass is 344 g/mol. The molecule has 3 aromatic heterocycles. The Labute approximate surface area is 143 Å². The van der Waals surface area contributed by atoms with Gasteiger partial charge in [0.05, 0.1) is 10.2 Å². The van der Waals surface area contributed by atoms with Crippen LogP contribution >= 0.6 is 11.3 Å². The van der Waals surface area contributed by atoms with Crippen molar-refractivity contribution in [2.24, 2.45) is 5.92 Å². The van der Waals surface area contributed by atoms with Crippen LogP contribution in [0.3, 0.4) is 0 Å². The summed E-state index contributed by atoms with van der Waals surface area (Å²) in [6.45, 7) is 2.22. The third kappa shape index (κ3) is 2.73. The van der Waals surface area contributed by atoms with E-state index in [0.29, 0.717) is 5.52 Å². The van der Waals surface area contributed by atoms with E-state index < -0.39 is 0 Å². The number of rotatable bonds is 3. The minimum Gasteiger partial charge on any atom is -0.352 e. The van der Waals surface area contributed by atoms with Crippen LogP contribution < -0.4 is 10.9 Å². The van der Waals surface area contributed by atoms with Gasteiger partial charge in [-0.15, -0.1) is 11.3 Å². The van der Waals surface area contributed by atoms with Crippen molar-refractivity contribution in [1.29, 1.82) is 0 Å². The average molecular weight is 344 g/mol. The van der Waals surface area contributed by atoms with Crippen LogP contribution in [0.4, 0.5) is 0 Å². The molecule has 3 heterocycles. The van der Waals surface area contributed by atoms with Crippen molar-refractivity contribution in [2.45, 2.75) is 45.2 Å². The molecule has 0 unspecified atom stereocenters. The van der Waals surface area contributed by atoms with E-state index in [2.05, 4.69) is 17.3 Å². The van der Waals surface area contributed by atoms with Gasteiger partial charge in [-0.1, -0.05) is 6.92 Å². The van der Waals surface area contributed by atoms with Crippen LogP contribution in [0.5, 0.6) is 0 Å². The van der Waals surface area contributed by atoms with Gasteiger partial charge < -0.3 is 5.32 Å². The maximum absolute atomic E-state index is 12.6. The van der Waals surface area contributed by atoms with Gasteiger partial charge in [-0.3, -0.25) is 14.0 Å². The fourth-order valence-electron chi connectivity index (χ4n) is 3.46. The Hall–Kier alpha value is -2.15. The van der Waals surface area contributed by atoms with Crippen molar-refractivity contribution in [3.05, 3.63) is 34.2 Å². The first-order valence-electron chi connectivity index (χ1n) is 8.35. The van der Waals surface area contributed by atoms with Crippen LogP contribution in [0.15, 0.2) is 28.6 Å². The van der Waals surface area contributed by atoms with Gasteiger partial charge in [0.1, 0.15) is 18.4 Å². The van der Waals surface area contributed by atoms with Gasteiger partial charge in [-0.2, -0.15) is 5.10 Å². The summed E-state index contributed by atoms with van der Waals surface area (Å²) in [7, 11) is 0. The van der Waals surface area contributed by atoms with Gasteiger partial charge in [-0.25, -0.2) is 4.68 Å². The molecule has 24 heavy (non-hydrogen) atoms. The highest BCUT2D eigenvalue weighted by molar-refractivity contribution is 7.17. The summed E-state index contributed by atoms with van der Waals surface area (Å²) in [6, 6.07) is 4.06. The Balaban J connectivity index is 1.52. The number of fused-ring (bicyclic) bond motifs is 3. The van der Waals surface area contributed by atoms with Gasteiger partial charge in [-0.05, 0) is 49.1 Å². The van der Waals surface area contributed by atoms with Gasteiger partial charge in [0.25, 0.3) is 5.56 Å². The lowest BCUT2D eigenvalue weighted by Gasteiger charge is -2.26. The Morgan fingerprint density at radius 2 is 2.12 bits per heavy atom. The van der Waals surface area contributed by atoms with Crippen LogP contribution in [0.1, 0.15) is 32.6 Å². The van der Waals surface area contributed by atoms with Crippen molar-refractivity contribution in [1.82, 2.24) is 19.5 Å². The molecule has 1 aliphatic carbocycles. The first-order chi connectivity index (χ1) is 11.6. The zero-order chi connectivity index (χ0) is 16.7. The van der Waals surface area contributed by atoms with Crippen molar-refractivity contribution in [3.8, 4) is 0 Å². The molecule has 0 radical (unpaired) electrons. The third-order valence-electron chi connectivity index (χ3n) is 4.89. The molecule has 0 aliphatic heterocycles. The molecule has 0 saturated heterocycles. The van der Waals surface area contributed by atoms with Crippen LogP contribution in [-0.2, 0) is 11.3 Å². The summed E-state index contributed by atoms with van der Waals surface area (Å²) in [5.41, 5.74) is 1.31. The molecule has 1 saturated carbocycles. The SMILES string of the molecule is CC1CCC(NC(=O)Cn2ncn3c(cc4sccc43)c2=O)CC1. The molecule has 1 amide bonds. The molecular weight excluding hydrogens is 324 g/mol. The molecule has 1 N–H and O–H groups in total. The molecule has 0 bridgehead atoms. The first-order valence-corrected chi connectivity index (χ1v) is 9.23. The molecule has 0 atom stereocenters. The van der Waals surface area contributed by atoms with Crippen LogP contribution in [0.25, 0.3) is 15.7 Å². The van der Waals surface area contributed by atoms with E-state index in [1.54, 1.807) is 22.1 Å². The van der Waals surface area contributed by atoms with Gasteiger partial charge in [0.2, 0.25) is 5.91 Å². The lowest BCUT2D eigenvalue weighted by atomic mass is 9.87. The molecule has 0 spiro atoms. The molecule has 3 aromatic rings. The fourth-order valence-corrected chi connectivity index (χ4v) is 4.27.